The molecule has 2 N–H and O–H groups in total. The molecule has 0 aliphatic carbocycles. The van der Waals surface area contributed by atoms with Crippen molar-refractivity contribution >= 4 is 28.5 Å². The molecule has 0 saturated carbocycles. The first kappa shape index (κ1) is 25.3. The minimum Gasteiger partial charge on any atom is -0.438 e. The third-order valence-electron chi connectivity index (χ3n) is 6.39. The average Bonchev–Trinajstić information content (AvgIpc) is 2.93. The number of likely N-dealkylation sites (tertiary alicyclic amines) is 1. The Morgan fingerprint density at radius 3 is 2.45 bits per heavy atom. The lowest BCUT2D eigenvalue weighted by Gasteiger charge is -2.35. The molecular weight excluding hydrogens is 480 g/mol. The van der Waals surface area contributed by atoms with Crippen molar-refractivity contribution in [3.63, 3.8) is 0 Å². The Morgan fingerprint density at radius 1 is 0.921 bits per heavy atom. The third-order valence-corrected chi connectivity index (χ3v) is 6.39. The van der Waals surface area contributed by atoms with Gasteiger partial charge in [0.15, 0.2) is 0 Å². The SMILES string of the molecule is CC(C)(C)N(OC(=O)N1CCCCC1)c1nccc(-c2cccnc2Oc2ccc(N)c3ccccc23)n1. The molecule has 2 aromatic carbocycles. The molecule has 0 unspecified atom stereocenters. The molecule has 38 heavy (non-hydrogen) atoms. The molecule has 9 nitrogen and oxygen atoms in total. The number of fused-ring (bicyclic) bond motifs is 1. The van der Waals surface area contributed by atoms with Crippen LogP contribution in [-0.4, -0.2) is 44.6 Å². The Balaban J connectivity index is 1.47. The summed E-state index contributed by atoms with van der Waals surface area (Å²) in [5, 5.41) is 3.26. The lowest BCUT2D eigenvalue weighted by molar-refractivity contribution is 0.0623. The van der Waals surface area contributed by atoms with E-state index in [1.165, 1.54) is 5.06 Å². The van der Waals surface area contributed by atoms with Gasteiger partial charge in [-0.3, -0.25) is 0 Å². The fraction of sp³-hybridized carbons (Fsp3) is 0.310. The summed E-state index contributed by atoms with van der Waals surface area (Å²) >= 11 is 0. The number of hydroxylamine groups is 1. The van der Waals surface area contributed by atoms with Crippen molar-refractivity contribution in [2.75, 3.05) is 23.9 Å². The van der Waals surface area contributed by atoms with Gasteiger partial charge in [0.05, 0.1) is 16.8 Å². The molecule has 3 heterocycles. The fourth-order valence-electron chi connectivity index (χ4n) is 4.44. The van der Waals surface area contributed by atoms with Crippen LogP contribution >= 0.6 is 0 Å². The molecule has 1 aliphatic rings. The number of nitrogen functional groups attached to an aromatic ring is 1. The number of anilines is 2. The van der Waals surface area contributed by atoms with Crippen molar-refractivity contribution in [3.8, 4) is 22.9 Å². The van der Waals surface area contributed by atoms with Gasteiger partial charge in [0.25, 0.3) is 5.95 Å². The summed E-state index contributed by atoms with van der Waals surface area (Å²) in [5.41, 5.74) is 7.52. The Kier molecular flexibility index (Phi) is 7.00. The number of nitrogens with zero attached hydrogens (tertiary/aromatic N) is 5. The predicted octanol–water partition coefficient (Wildman–Crippen LogP) is 6.21. The van der Waals surface area contributed by atoms with E-state index in [-0.39, 0.29) is 5.95 Å². The van der Waals surface area contributed by atoms with Gasteiger partial charge >= 0.3 is 6.09 Å². The first-order valence-electron chi connectivity index (χ1n) is 12.8. The Hall–Kier alpha value is -4.40. The van der Waals surface area contributed by atoms with Crippen LogP contribution in [0.15, 0.2) is 67.0 Å². The normalized spacial score (nSPS) is 13.8. The minimum absolute atomic E-state index is 0.271. The third kappa shape index (κ3) is 5.32. The molecule has 2 aromatic heterocycles. The van der Waals surface area contributed by atoms with Gasteiger partial charge in [0.1, 0.15) is 5.75 Å². The van der Waals surface area contributed by atoms with Crippen LogP contribution < -0.4 is 15.5 Å². The van der Waals surface area contributed by atoms with Gasteiger partial charge < -0.3 is 20.2 Å². The standard InChI is InChI=1S/C29H32N6O3/c1-29(2,3)35(38-28(36)34-18-7-4-8-19-34)27-32-17-15-24(33-27)22-12-9-16-31-26(22)37-25-14-13-23(30)20-10-5-6-11-21(20)25/h5-6,9-17H,4,7-8,18-19,30H2,1-3H3. The maximum atomic E-state index is 12.9. The van der Waals surface area contributed by atoms with Crippen LogP contribution in [0.3, 0.4) is 0 Å². The van der Waals surface area contributed by atoms with Crippen LogP contribution in [0.1, 0.15) is 40.0 Å². The van der Waals surface area contributed by atoms with E-state index in [2.05, 4.69) is 9.97 Å². The molecule has 196 valence electrons. The van der Waals surface area contributed by atoms with Gasteiger partial charge in [-0.05, 0) is 70.4 Å². The largest absolute Gasteiger partial charge is 0.438 e. The van der Waals surface area contributed by atoms with Crippen molar-refractivity contribution in [3.05, 3.63) is 67.0 Å². The molecular formula is C29H32N6O3. The number of pyridine rings is 1. The van der Waals surface area contributed by atoms with E-state index in [1.54, 1.807) is 23.4 Å². The van der Waals surface area contributed by atoms with Crippen LogP contribution in [0, 0.1) is 0 Å². The number of amides is 1. The highest BCUT2D eigenvalue weighted by molar-refractivity contribution is 5.97. The summed E-state index contributed by atoms with van der Waals surface area (Å²) in [7, 11) is 0. The minimum atomic E-state index is -0.582. The van der Waals surface area contributed by atoms with E-state index in [0.717, 1.165) is 30.0 Å². The summed E-state index contributed by atoms with van der Waals surface area (Å²) in [5.74, 6) is 1.30. The van der Waals surface area contributed by atoms with Gasteiger partial charge in [-0.15, -0.1) is 0 Å². The second-order valence-electron chi connectivity index (χ2n) is 10.3. The van der Waals surface area contributed by atoms with Crippen LogP contribution in [0.4, 0.5) is 16.4 Å². The van der Waals surface area contributed by atoms with E-state index in [0.29, 0.717) is 41.7 Å². The highest BCUT2D eigenvalue weighted by Crippen LogP contribution is 2.36. The summed E-state index contributed by atoms with van der Waals surface area (Å²) in [6.45, 7) is 7.20. The Morgan fingerprint density at radius 2 is 1.68 bits per heavy atom. The van der Waals surface area contributed by atoms with E-state index in [9.17, 15) is 4.79 Å². The lowest BCUT2D eigenvalue weighted by atomic mass is 10.1. The highest BCUT2D eigenvalue weighted by atomic mass is 16.7. The number of hydrogen-bond acceptors (Lipinski definition) is 8. The molecule has 0 spiro atoms. The fourth-order valence-corrected chi connectivity index (χ4v) is 4.44. The number of nitrogens with two attached hydrogens (primary N) is 1. The number of carbonyl (C=O) groups excluding carboxylic acids is 1. The van der Waals surface area contributed by atoms with Crippen molar-refractivity contribution in [2.24, 2.45) is 0 Å². The van der Waals surface area contributed by atoms with Gasteiger partial charge in [0.2, 0.25) is 5.88 Å². The molecule has 1 saturated heterocycles. The molecule has 1 aliphatic heterocycles. The van der Waals surface area contributed by atoms with Crippen molar-refractivity contribution in [1.82, 2.24) is 19.9 Å². The summed E-state index contributed by atoms with van der Waals surface area (Å²) in [6.07, 6.45) is 5.99. The molecule has 5 rings (SSSR count). The van der Waals surface area contributed by atoms with E-state index < -0.39 is 11.6 Å². The molecule has 0 atom stereocenters. The van der Waals surface area contributed by atoms with Gasteiger partial charge in [-0.1, -0.05) is 24.3 Å². The molecule has 9 heteroatoms. The smallest absolute Gasteiger partial charge is 0.434 e. The highest BCUT2D eigenvalue weighted by Gasteiger charge is 2.31. The van der Waals surface area contributed by atoms with Crippen LogP contribution in [-0.2, 0) is 4.84 Å². The number of benzene rings is 2. The number of aromatic nitrogens is 3. The second kappa shape index (κ2) is 10.5. The van der Waals surface area contributed by atoms with Crippen molar-refractivity contribution in [2.45, 2.75) is 45.6 Å². The zero-order valence-corrected chi connectivity index (χ0v) is 21.9. The molecule has 0 radical (unpaired) electrons. The van der Waals surface area contributed by atoms with Gasteiger partial charge in [0, 0.05) is 41.9 Å². The summed E-state index contributed by atoms with van der Waals surface area (Å²) < 4.78 is 6.31. The van der Waals surface area contributed by atoms with Crippen molar-refractivity contribution in [1.29, 1.82) is 0 Å². The molecule has 1 fully saturated rings. The predicted molar refractivity (Wildman–Crippen MR) is 148 cm³/mol. The van der Waals surface area contributed by atoms with E-state index in [1.807, 2.05) is 69.3 Å². The van der Waals surface area contributed by atoms with E-state index >= 15 is 0 Å². The summed E-state index contributed by atoms with van der Waals surface area (Å²) in [4.78, 5) is 34.2. The number of ether oxygens (including phenoxy) is 1. The lowest BCUT2D eigenvalue weighted by Crippen LogP contribution is -2.48. The van der Waals surface area contributed by atoms with Crippen LogP contribution in [0.25, 0.3) is 22.0 Å². The summed E-state index contributed by atoms with van der Waals surface area (Å²) in [6, 6.07) is 16.9. The van der Waals surface area contributed by atoms with Gasteiger partial charge in [-0.25, -0.2) is 19.7 Å². The monoisotopic (exact) mass is 512 g/mol. The van der Waals surface area contributed by atoms with E-state index in [4.69, 9.17) is 20.3 Å². The van der Waals surface area contributed by atoms with Crippen LogP contribution in [0.5, 0.6) is 11.6 Å². The molecule has 1 amide bonds. The van der Waals surface area contributed by atoms with Crippen LogP contribution in [0.2, 0.25) is 0 Å². The topological polar surface area (TPSA) is 107 Å². The Labute approximate surface area is 222 Å². The zero-order chi connectivity index (χ0) is 26.7. The number of carbonyl (C=O) groups is 1. The van der Waals surface area contributed by atoms with Gasteiger partial charge in [-0.2, -0.15) is 5.06 Å². The average molecular weight is 513 g/mol. The first-order valence-corrected chi connectivity index (χ1v) is 12.8. The quantitative estimate of drug-likeness (QED) is 0.248. The number of rotatable bonds is 5. The molecule has 4 aromatic rings. The first-order chi connectivity index (χ1) is 18.3. The zero-order valence-electron chi connectivity index (χ0n) is 21.9. The number of hydrogen-bond donors (Lipinski definition) is 1. The number of piperidine rings is 1. The Bertz CT molecular complexity index is 1450. The second-order valence-corrected chi connectivity index (χ2v) is 10.3. The maximum Gasteiger partial charge on any atom is 0.434 e. The molecule has 0 bridgehead atoms. The maximum absolute atomic E-state index is 12.9. The van der Waals surface area contributed by atoms with Crippen molar-refractivity contribution < 1.29 is 14.4 Å².